The van der Waals surface area contributed by atoms with Gasteiger partial charge in [0.1, 0.15) is 11.0 Å². The second-order valence-corrected chi connectivity index (χ2v) is 10.7. The number of nitrogens with two attached hydrogens (primary N) is 2. The Labute approximate surface area is 197 Å². The molecule has 1 atom stereocenters. The van der Waals surface area contributed by atoms with Crippen LogP contribution in [-0.2, 0) is 41.3 Å². The first-order valence-electron chi connectivity index (χ1n) is 10.9. The van der Waals surface area contributed by atoms with E-state index >= 15 is 0 Å². The highest BCUT2D eigenvalue weighted by Crippen LogP contribution is 2.44. The number of amides is 2. The van der Waals surface area contributed by atoms with Gasteiger partial charge >= 0.3 is 6.03 Å². The number of aromatic nitrogens is 1. The molecule has 2 aliphatic rings. The molecule has 0 spiro atoms. The summed E-state index contributed by atoms with van der Waals surface area (Å²) in [4.78, 5) is 16.4. The van der Waals surface area contributed by atoms with Gasteiger partial charge in [-0.1, -0.05) is 13.8 Å². The summed E-state index contributed by atoms with van der Waals surface area (Å²) in [6.07, 6.45) is 5.22. The van der Waals surface area contributed by atoms with Crippen molar-refractivity contribution in [1.29, 1.82) is 5.26 Å². The zero-order valence-corrected chi connectivity index (χ0v) is 20.3. The van der Waals surface area contributed by atoms with Crippen molar-refractivity contribution >= 4 is 22.7 Å². The summed E-state index contributed by atoms with van der Waals surface area (Å²) in [5.41, 5.74) is 10.9. The van der Waals surface area contributed by atoms with Gasteiger partial charge < -0.3 is 16.2 Å². The summed E-state index contributed by atoms with van der Waals surface area (Å²) >= 11 is 0. The van der Waals surface area contributed by atoms with Crippen LogP contribution < -0.4 is 16.2 Å². The highest BCUT2D eigenvalue weighted by molar-refractivity contribution is 7.82. The molecule has 0 radical (unpaired) electrons. The van der Waals surface area contributed by atoms with Gasteiger partial charge in [0, 0.05) is 11.1 Å². The first-order valence-corrected chi connectivity index (χ1v) is 12.1. The van der Waals surface area contributed by atoms with E-state index in [0.717, 1.165) is 49.2 Å². The minimum atomic E-state index is -1.65. The van der Waals surface area contributed by atoms with E-state index in [9.17, 15) is 14.1 Å². The number of aliphatic hydroxyl groups is 1. The predicted octanol–water partition coefficient (Wildman–Crippen LogP) is 3.05. The maximum absolute atomic E-state index is 11.2. The second kappa shape index (κ2) is 9.21. The Balaban J connectivity index is 0.000000190. The van der Waals surface area contributed by atoms with Crippen molar-refractivity contribution in [3.05, 3.63) is 51.8 Å². The van der Waals surface area contributed by atoms with Crippen molar-refractivity contribution in [2.75, 3.05) is 5.32 Å². The molecule has 9 heteroatoms. The molecule has 1 heterocycles. The van der Waals surface area contributed by atoms with Crippen molar-refractivity contribution in [2.24, 2.45) is 10.9 Å². The number of carbonyl (C=O) groups excluding carboxylic acids is 1. The zero-order valence-electron chi connectivity index (χ0n) is 19.5. The number of carbonyl (C=O) groups is 1. The predicted molar refractivity (Wildman–Crippen MR) is 128 cm³/mol. The number of nitriles is 1. The molecule has 2 amide bonds. The molecule has 8 nitrogen and oxygen atoms in total. The van der Waals surface area contributed by atoms with Crippen molar-refractivity contribution in [3.8, 4) is 6.07 Å². The number of hydrogen-bond donors (Lipinski definition) is 4. The summed E-state index contributed by atoms with van der Waals surface area (Å²) in [6, 6.07) is 6.00. The number of anilines is 1. The smallest absolute Gasteiger partial charge is 0.316 e. The third-order valence-corrected chi connectivity index (χ3v) is 6.89. The Bertz CT molecular complexity index is 1160. The van der Waals surface area contributed by atoms with Crippen LogP contribution in [0.5, 0.6) is 0 Å². The van der Waals surface area contributed by atoms with E-state index in [1.54, 1.807) is 19.9 Å². The van der Waals surface area contributed by atoms with Crippen molar-refractivity contribution in [2.45, 2.75) is 75.7 Å². The summed E-state index contributed by atoms with van der Waals surface area (Å²) in [5, 5.41) is 26.6. The van der Waals surface area contributed by atoms with E-state index in [2.05, 4.69) is 19.2 Å². The van der Waals surface area contributed by atoms with Crippen LogP contribution in [0, 0.1) is 11.3 Å². The van der Waals surface area contributed by atoms with Crippen molar-refractivity contribution < 1.29 is 14.1 Å². The molecule has 0 bridgehead atoms. The lowest BCUT2D eigenvalue weighted by atomic mass is 9.90. The summed E-state index contributed by atoms with van der Waals surface area (Å²) in [7, 11) is -1.65. The normalized spacial score (nSPS) is 16.6. The summed E-state index contributed by atoms with van der Waals surface area (Å²) in [6.45, 7) is 7.63. The number of nitrogens with one attached hydrogen (secondary N) is 1. The molecule has 1 aromatic heterocycles. The number of nitrogens with zero attached hydrogens (tertiary/aromatic N) is 2. The van der Waals surface area contributed by atoms with Gasteiger partial charge in [0.2, 0.25) is 0 Å². The van der Waals surface area contributed by atoms with Crippen LogP contribution in [0.2, 0.25) is 0 Å². The fourth-order valence-corrected chi connectivity index (χ4v) is 4.88. The minimum Gasteiger partial charge on any atom is -0.386 e. The Morgan fingerprint density at radius 2 is 1.94 bits per heavy atom. The molecule has 0 saturated carbocycles. The fraction of sp³-hybridized carbons (Fsp3) is 0.458. The third-order valence-electron chi connectivity index (χ3n) is 6.19. The maximum atomic E-state index is 11.2. The van der Waals surface area contributed by atoms with Crippen molar-refractivity contribution in [1.82, 2.24) is 4.98 Å². The Kier molecular flexibility index (Phi) is 6.93. The van der Waals surface area contributed by atoms with Crippen LogP contribution in [0.1, 0.15) is 74.2 Å². The SMILES string of the molecule is CC(C)(O)c1cc(C#N)cc(S(N)=O)c1.CC1(C)CCc2c1nc1c(c2NC(N)=O)CCC1. The molecule has 0 aliphatic heterocycles. The number of rotatable bonds is 3. The molecule has 1 aromatic carbocycles. The standard InChI is InChI=1S/C14H19N3O.C10H12N2O2S/c1-14(2)7-6-9-11(17-13(15)18)8-4-3-5-10(8)16-12(9)14;1-10(2,13)8-3-7(6-11)4-9(5-8)15(12)14/h3-7H2,1-2H3,(H3,15,16,17,18);3-5,13H,12H2,1-2H3. The van der Waals surface area contributed by atoms with E-state index in [1.807, 2.05) is 6.07 Å². The number of urea groups is 1. The number of pyridine rings is 1. The number of aryl methyl sites for hydroxylation is 1. The average molecular weight is 470 g/mol. The fourth-order valence-electron chi connectivity index (χ4n) is 4.39. The van der Waals surface area contributed by atoms with Crippen LogP contribution in [0.3, 0.4) is 0 Å². The molecule has 33 heavy (non-hydrogen) atoms. The molecule has 2 aromatic rings. The van der Waals surface area contributed by atoms with Crippen LogP contribution >= 0.6 is 0 Å². The number of hydrogen-bond acceptors (Lipinski definition) is 5. The Hall–Kier alpha value is -2.80. The Morgan fingerprint density at radius 3 is 2.52 bits per heavy atom. The van der Waals surface area contributed by atoms with Crippen molar-refractivity contribution in [3.63, 3.8) is 0 Å². The first-order chi connectivity index (χ1) is 15.3. The molecule has 1 unspecified atom stereocenters. The molecule has 176 valence electrons. The maximum Gasteiger partial charge on any atom is 0.316 e. The summed E-state index contributed by atoms with van der Waals surface area (Å²) in [5.74, 6) is 0. The van der Waals surface area contributed by atoms with Gasteiger partial charge in [0.15, 0.2) is 0 Å². The van der Waals surface area contributed by atoms with Gasteiger partial charge in [-0.2, -0.15) is 5.26 Å². The van der Waals surface area contributed by atoms with E-state index in [4.69, 9.17) is 21.1 Å². The summed E-state index contributed by atoms with van der Waals surface area (Å²) < 4.78 is 11.1. The molecule has 0 fully saturated rings. The molecule has 6 N–H and O–H groups in total. The number of primary amides is 1. The van der Waals surface area contributed by atoms with E-state index in [-0.39, 0.29) is 5.41 Å². The van der Waals surface area contributed by atoms with Gasteiger partial charge in [-0.3, -0.25) is 4.98 Å². The van der Waals surface area contributed by atoms with Gasteiger partial charge in [0.25, 0.3) is 0 Å². The van der Waals surface area contributed by atoms with Crippen LogP contribution in [-0.4, -0.2) is 20.3 Å². The highest BCUT2D eigenvalue weighted by atomic mass is 32.2. The molecule has 4 rings (SSSR count). The molecule has 0 saturated heterocycles. The topological polar surface area (TPSA) is 155 Å². The Morgan fingerprint density at radius 1 is 1.24 bits per heavy atom. The van der Waals surface area contributed by atoms with Gasteiger partial charge in [-0.15, -0.1) is 0 Å². The van der Waals surface area contributed by atoms with Gasteiger partial charge in [-0.05, 0) is 80.8 Å². The van der Waals surface area contributed by atoms with Crippen LogP contribution in [0.15, 0.2) is 23.1 Å². The molecular formula is C24H31N5O3S. The van der Waals surface area contributed by atoms with E-state index < -0.39 is 22.6 Å². The molecule has 2 aliphatic carbocycles. The second-order valence-electron chi connectivity index (χ2n) is 9.68. The first kappa shape index (κ1) is 24.8. The van der Waals surface area contributed by atoms with Crippen LogP contribution in [0.25, 0.3) is 0 Å². The minimum absolute atomic E-state index is 0.112. The number of benzene rings is 1. The zero-order chi connectivity index (χ0) is 24.6. The van der Waals surface area contributed by atoms with Gasteiger partial charge in [0.05, 0.1) is 33.5 Å². The monoisotopic (exact) mass is 469 g/mol. The van der Waals surface area contributed by atoms with E-state index in [0.29, 0.717) is 16.0 Å². The lowest BCUT2D eigenvalue weighted by molar-refractivity contribution is 0.0783. The van der Waals surface area contributed by atoms with Crippen LogP contribution in [0.4, 0.5) is 10.5 Å². The lowest BCUT2D eigenvalue weighted by Crippen LogP contribution is -2.22. The third kappa shape index (κ3) is 5.41. The largest absolute Gasteiger partial charge is 0.386 e. The van der Waals surface area contributed by atoms with Gasteiger partial charge in [-0.25, -0.2) is 14.1 Å². The lowest BCUT2D eigenvalue weighted by Gasteiger charge is -2.20. The van der Waals surface area contributed by atoms with E-state index in [1.165, 1.54) is 23.3 Å². The number of fused-ring (bicyclic) bond motifs is 2. The highest BCUT2D eigenvalue weighted by Gasteiger charge is 2.36. The quantitative estimate of drug-likeness (QED) is 0.544. The average Bonchev–Trinajstić information content (AvgIpc) is 3.31. The molecular weight excluding hydrogens is 438 g/mol.